The van der Waals surface area contributed by atoms with Gasteiger partial charge in [0, 0.05) is 13.1 Å². The average molecular weight is 553 g/mol. The maximum Gasteiger partial charge on any atom is 0.411 e. The van der Waals surface area contributed by atoms with Crippen molar-refractivity contribution in [3.8, 4) is 11.5 Å². The van der Waals surface area contributed by atoms with Crippen LogP contribution in [0, 0.1) is 0 Å². The predicted octanol–water partition coefficient (Wildman–Crippen LogP) is 4.35. The van der Waals surface area contributed by atoms with Gasteiger partial charge in [-0.25, -0.2) is 4.99 Å². The Bertz CT molecular complexity index is 831. The number of hydrogen-bond acceptors (Lipinski definition) is 4. The number of guanidine groups is 1. The lowest BCUT2D eigenvalue weighted by atomic mass is 10.1. The number of methoxy groups -OCH3 is 1. The topological polar surface area (TPSA) is 75.1 Å². The van der Waals surface area contributed by atoms with E-state index in [9.17, 15) is 18.3 Å². The second-order valence-corrected chi connectivity index (χ2v) is 6.48. The lowest BCUT2D eigenvalue weighted by Crippen LogP contribution is -2.36. The lowest BCUT2D eigenvalue weighted by molar-refractivity contribution is -0.176. The highest BCUT2D eigenvalue weighted by molar-refractivity contribution is 14.0. The first-order valence-electron chi connectivity index (χ1n) is 9.41. The molecule has 0 bridgehead atoms. The molecule has 0 amide bonds. The molecule has 0 atom stereocenters. The minimum Gasteiger partial charge on any atom is -0.504 e. The number of halogens is 4. The number of aliphatic imine (C=N–C) groups is 1. The molecule has 0 aliphatic carbocycles. The van der Waals surface area contributed by atoms with Crippen LogP contribution in [-0.2, 0) is 24.4 Å². The SMILES string of the molecule is CCNC(=NCc1ccc(OC)c(O)c1)NCc1ccc(COCC(F)(F)F)cc1.I. The first kappa shape index (κ1) is 26.8. The number of rotatable bonds is 9. The zero-order chi connectivity index (χ0) is 22.0. The molecular weight excluding hydrogens is 526 g/mol. The van der Waals surface area contributed by atoms with Gasteiger partial charge in [-0.15, -0.1) is 24.0 Å². The molecule has 172 valence electrons. The van der Waals surface area contributed by atoms with E-state index in [1.54, 1.807) is 24.3 Å². The van der Waals surface area contributed by atoms with Gasteiger partial charge in [-0.1, -0.05) is 30.3 Å². The van der Waals surface area contributed by atoms with Gasteiger partial charge in [0.1, 0.15) is 6.61 Å². The maximum absolute atomic E-state index is 12.1. The van der Waals surface area contributed by atoms with Crippen molar-refractivity contribution < 1.29 is 27.8 Å². The zero-order valence-electron chi connectivity index (χ0n) is 17.3. The summed E-state index contributed by atoms with van der Waals surface area (Å²) in [5.74, 6) is 1.06. The highest BCUT2D eigenvalue weighted by Crippen LogP contribution is 2.26. The fourth-order valence-electron chi connectivity index (χ4n) is 2.57. The van der Waals surface area contributed by atoms with Gasteiger partial charge in [-0.2, -0.15) is 13.2 Å². The molecular formula is C21H27F3IN3O3. The first-order chi connectivity index (χ1) is 14.3. The van der Waals surface area contributed by atoms with E-state index in [2.05, 4.69) is 20.4 Å². The van der Waals surface area contributed by atoms with Crippen LogP contribution in [0.3, 0.4) is 0 Å². The van der Waals surface area contributed by atoms with E-state index in [0.717, 1.165) is 11.1 Å². The summed E-state index contributed by atoms with van der Waals surface area (Å²) >= 11 is 0. The van der Waals surface area contributed by atoms with Crippen molar-refractivity contribution in [2.45, 2.75) is 32.8 Å². The van der Waals surface area contributed by atoms with Crippen molar-refractivity contribution in [1.82, 2.24) is 10.6 Å². The van der Waals surface area contributed by atoms with Crippen LogP contribution in [0.15, 0.2) is 47.5 Å². The molecule has 0 radical (unpaired) electrons. The van der Waals surface area contributed by atoms with Crippen LogP contribution in [-0.4, -0.2) is 37.5 Å². The lowest BCUT2D eigenvalue weighted by Gasteiger charge is -2.12. The smallest absolute Gasteiger partial charge is 0.411 e. The number of benzene rings is 2. The number of phenolic OH excluding ortho intramolecular Hbond substituents is 1. The Morgan fingerprint density at radius 3 is 2.26 bits per heavy atom. The van der Waals surface area contributed by atoms with Gasteiger partial charge in [-0.3, -0.25) is 0 Å². The molecule has 0 spiro atoms. The Labute approximate surface area is 196 Å². The van der Waals surface area contributed by atoms with Crippen LogP contribution >= 0.6 is 24.0 Å². The monoisotopic (exact) mass is 553 g/mol. The summed E-state index contributed by atoms with van der Waals surface area (Å²) in [7, 11) is 1.49. The molecule has 2 rings (SSSR count). The van der Waals surface area contributed by atoms with Crippen molar-refractivity contribution in [2.75, 3.05) is 20.3 Å². The molecule has 0 aliphatic heterocycles. The maximum atomic E-state index is 12.1. The summed E-state index contributed by atoms with van der Waals surface area (Å²) in [6.07, 6.45) is -4.32. The summed E-state index contributed by atoms with van der Waals surface area (Å²) in [5, 5.41) is 16.2. The fourth-order valence-corrected chi connectivity index (χ4v) is 2.57. The van der Waals surface area contributed by atoms with Gasteiger partial charge in [0.2, 0.25) is 0 Å². The highest BCUT2D eigenvalue weighted by Gasteiger charge is 2.27. The van der Waals surface area contributed by atoms with Crippen LogP contribution in [0.5, 0.6) is 11.5 Å². The molecule has 6 nitrogen and oxygen atoms in total. The van der Waals surface area contributed by atoms with Gasteiger partial charge in [0.05, 0.1) is 20.3 Å². The van der Waals surface area contributed by atoms with Gasteiger partial charge in [0.15, 0.2) is 17.5 Å². The second-order valence-electron chi connectivity index (χ2n) is 6.48. The molecule has 0 aromatic heterocycles. The van der Waals surface area contributed by atoms with Crippen molar-refractivity contribution >= 4 is 29.9 Å². The molecule has 0 aliphatic rings. The van der Waals surface area contributed by atoms with E-state index in [4.69, 9.17) is 4.74 Å². The number of hydrogen-bond donors (Lipinski definition) is 3. The Morgan fingerprint density at radius 2 is 1.68 bits per heavy atom. The van der Waals surface area contributed by atoms with E-state index in [0.29, 0.717) is 36.9 Å². The molecule has 2 aromatic carbocycles. The summed E-state index contributed by atoms with van der Waals surface area (Å²) in [4.78, 5) is 4.49. The second kappa shape index (κ2) is 13.3. The van der Waals surface area contributed by atoms with Crippen LogP contribution < -0.4 is 15.4 Å². The summed E-state index contributed by atoms with van der Waals surface area (Å²) in [6.45, 7) is 2.13. The predicted molar refractivity (Wildman–Crippen MR) is 124 cm³/mol. The average Bonchev–Trinajstić information content (AvgIpc) is 2.70. The molecule has 0 saturated carbocycles. The van der Waals surface area contributed by atoms with E-state index in [1.807, 2.05) is 25.1 Å². The molecule has 0 fully saturated rings. The molecule has 0 unspecified atom stereocenters. The van der Waals surface area contributed by atoms with Crippen LogP contribution in [0.25, 0.3) is 0 Å². The number of nitrogens with one attached hydrogen (secondary N) is 2. The number of aromatic hydroxyl groups is 1. The highest BCUT2D eigenvalue weighted by atomic mass is 127. The minimum absolute atomic E-state index is 0. The van der Waals surface area contributed by atoms with Crippen molar-refractivity contribution in [2.24, 2.45) is 4.99 Å². The van der Waals surface area contributed by atoms with Gasteiger partial charge in [-0.05, 0) is 35.7 Å². The molecule has 10 heteroatoms. The van der Waals surface area contributed by atoms with Crippen molar-refractivity contribution in [1.29, 1.82) is 0 Å². The molecule has 0 saturated heterocycles. The standard InChI is InChI=1S/C21H26F3N3O3.HI/c1-3-25-20(27-12-17-8-9-19(29-2)18(28)10-17)26-11-15-4-6-16(7-5-15)13-30-14-21(22,23)24;/h4-10,28H,3,11-14H2,1-2H3,(H2,25,26,27);1H. The quantitative estimate of drug-likeness (QED) is 0.245. The third-order valence-corrected chi connectivity index (χ3v) is 4.02. The Kier molecular flexibility index (Phi) is 11.5. The van der Waals surface area contributed by atoms with Crippen LogP contribution in [0.4, 0.5) is 13.2 Å². The molecule has 2 aromatic rings. The van der Waals surface area contributed by atoms with Crippen molar-refractivity contribution in [3.05, 3.63) is 59.2 Å². The fraction of sp³-hybridized carbons (Fsp3) is 0.381. The third-order valence-electron chi connectivity index (χ3n) is 4.02. The van der Waals surface area contributed by atoms with Gasteiger partial charge in [0.25, 0.3) is 0 Å². The summed E-state index contributed by atoms with van der Waals surface area (Å²) < 4.78 is 46.0. The Balaban J connectivity index is 0.00000480. The Hall–Kier alpha value is -2.21. The van der Waals surface area contributed by atoms with E-state index < -0.39 is 12.8 Å². The molecule has 0 heterocycles. The van der Waals surface area contributed by atoms with E-state index in [1.165, 1.54) is 7.11 Å². The minimum atomic E-state index is -4.32. The first-order valence-corrected chi connectivity index (χ1v) is 9.41. The van der Waals surface area contributed by atoms with E-state index >= 15 is 0 Å². The van der Waals surface area contributed by atoms with Gasteiger partial charge < -0.3 is 25.2 Å². The number of alkyl halides is 3. The van der Waals surface area contributed by atoms with Crippen LogP contribution in [0.2, 0.25) is 0 Å². The molecule has 3 N–H and O–H groups in total. The summed E-state index contributed by atoms with van der Waals surface area (Å²) in [5.41, 5.74) is 2.44. The largest absolute Gasteiger partial charge is 0.504 e. The Morgan fingerprint density at radius 1 is 1.03 bits per heavy atom. The van der Waals surface area contributed by atoms with Gasteiger partial charge >= 0.3 is 6.18 Å². The molecule has 31 heavy (non-hydrogen) atoms. The van der Waals surface area contributed by atoms with Crippen molar-refractivity contribution in [3.63, 3.8) is 0 Å². The van der Waals surface area contributed by atoms with Crippen LogP contribution in [0.1, 0.15) is 23.6 Å². The summed E-state index contributed by atoms with van der Waals surface area (Å²) in [6, 6.07) is 12.2. The third kappa shape index (κ3) is 10.1. The normalized spacial score (nSPS) is 11.6. The number of nitrogens with zero attached hydrogens (tertiary/aromatic N) is 1. The zero-order valence-corrected chi connectivity index (χ0v) is 19.7. The number of phenols is 1. The van der Waals surface area contributed by atoms with E-state index in [-0.39, 0.29) is 36.3 Å². The number of ether oxygens (including phenoxy) is 2.